The van der Waals surface area contributed by atoms with E-state index in [0.29, 0.717) is 12.1 Å². The molecule has 16 heavy (non-hydrogen) atoms. The third-order valence-electron chi connectivity index (χ3n) is 3.48. The van der Waals surface area contributed by atoms with Gasteiger partial charge in [0, 0.05) is 12.1 Å². The summed E-state index contributed by atoms with van der Waals surface area (Å²) in [5, 5.41) is 3.41. The maximum atomic E-state index is 5.29. The molecular weight excluding hydrogens is 200 g/mol. The van der Waals surface area contributed by atoms with E-state index in [1.807, 2.05) is 13.1 Å². The number of ether oxygens (including phenoxy) is 1. The van der Waals surface area contributed by atoms with Gasteiger partial charge in [0.25, 0.3) is 0 Å². The first-order chi connectivity index (χ1) is 7.67. The van der Waals surface area contributed by atoms with Crippen molar-refractivity contribution in [2.75, 3.05) is 28.3 Å². The number of fused-ring (bicyclic) bond motifs is 1. The third kappa shape index (κ3) is 1.81. The van der Waals surface area contributed by atoms with Gasteiger partial charge in [-0.25, -0.2) is 0 Å². The van der Waals surface area contributed by atoms with E-state index in [1.54, 1.807) is 7.11 Å². The van der Waals surface area contributed by atoms with Gasteiger partial charge in [0.1, 0.15) is 5.75 Å². The maximum Gasteiger partial charge on any atom is 0.119 e. The first-order valence-corrected chi connectivity index (χ1v) is 5.68. The molecule has 1 aromatic carbocycles. The average molecular weight is 220 g/mol. The zero-order valence-electron chi connectivity index (χ0n) is 10.4. The van der Waals surface area contributed by atoms with Crippen LogP contribution in [0.3, 0.4) is 0 Å². The van der Waals surface area contributed by atoms with Crippen LogP contribution < -0.4 is 10.1 Å². The van der Waals surface area contributed by atoms with E-state index < -0.39 is 0 Å². The molecule has 0 bridgehead atoms. The Morgan fingerprint density at radius 3 is 2.69 bits per heavy atom. The second-order valence-corrected chi connectivity index (χ2v) is 4.57. The van der Waals surface area contributed by atoms with Crippen molar-refractivity contribution in [3.05, 3.63) is 29.3 Å². The molecule has 1 aromatic rings. The highest BCUT2D eigenvalue weighted by Crippen LogP contribution is 2.35. The standard InChI is InChI=1S/C13H20N2O/c1-14-13-11-8-10(16-4)6-5-9(11)7-12(13)15(2)3/h5-6,8,12-14H,7H2,1-4H3. The topological polar surface area (TPSA) is 24.5 Å². The number of likely N-dealkylation sites (N-methyl/N-ethyl adjacent to an activating group) is 2. The normalized spacial score (nSPS) is 23.6. The highest BCUT2D eigenvalue weighted by Gasteiger charge is 2.32. The summed E-state index contributed by atoms with van der Waals surface area (Å²) in [6.45, 7) is 0. The molecule has 0 saturated heterocycles. The fourth-order valence-corrected chi connectivity index (χ4v) is 2.55. The Kier molecular flexibility index (Phi) is 3.17. The summed E-state index contributed by atoms with van der Waals surface area (Å²) in [5.41, 5.74) is 2.81. The Hall–Kier alpha value is -1.06. The quantitative estimate of drug-likeness (QED) is 0.834. The number of nitrogens with zero attached hydrogens (tertiary/aromatic N) is 1. The fourth-order valence-electron chi connectivity index (χ4n) is 2.55. The second kappa shape index (κ2) is 4.44. The zero-order valence-corrected chi connectivity index (χ0v) is 10.4. The van der Waals surface area contributed by atoms with E-state index in [0.717, 1.165) is 12.2 Å². The first-order valence-electron chi connectivity index (χ1n) is 5.68. The fraction of sp³-hybridized carbons (Fsp3) is 0.538. The summed E-state index contributed by atoms with van der Waals surface area (Å²) in [4.78, 5) is 2.29. The van der Waals surface area contributed by atoms with E-state index in [1.165, 1.54) is 11.1 Å². The van der Waals surface area contributed by atoms with Crippen molar-refractivity contribution in [1.29, 1.82) is 0 Å². The van der Waals surface area contributed by atoms with Gasteiger partial charge in [-0.3, -0.25) is 0 Å². The molecular formula is C13H20N2O. The largest absolute Gasteiger partial charge is 0.497 e. The predicted molar refractivity (Wildman–Crippen MR) is 66.0 cm³/mol. The van der Waals surface area contributed by atoms with Crippen LogP contribution >= 0.6 is 0 Å². The minimum absolute atomic E-state index is 0.403. The van der Waals surface area contributed by atoms with Gasteiger partial charge < -0.3 is 15.0 Å². The minimum atomic E-state index is 0.403. The van der Waals surface area contributed by atoms with Crippen molar-refractivity contribution in [2.24, 2.45) is 0 Å². The Labute approximate surface area is 97.4 Å². The summed E-state index contributed by atoms with van der Waals surface area (Å²) in [7, 11) is 8.01. The Bertz CT molecular complexity index is 376. The summed E-state index contributed by atoms with van der Waals surface area (Å²) in [6.07, 6.45) is 1.11. The van der Waals surface area contributed by atoms with Gasteiger partial charge >= 0.3 is 0 Å². The van der Waals surface area contributed by atoms with Crippen molar-refractivity contribution in [1.82, 2.24) is 10.2 Å². The number of hydrogen-bond acceptors (Lipinski definition) is 3. The van der Waals surface area contributed by atoms with Crippen LogP contribution in [-0.4, -0.2) is 39.2 Å². The molecule has 2 atom stereocenters. The SMILES string of the molecule is CNC1c2cc(OC)ccc2CC1N(C)C. The van der Waals surface area contributed by atoms with Crippen molar-refractivity contribution in [3.63, 3.8) is 0 Å². The van der Waals surface area contributed by atoms with Crippen LogP contribution in [0.15, 0.2) is 18.2 Å². The first kappa shape index (κ1) is 11.4. The van der Waals surface area contributed by atoms with Crippen LogP contribution in [0.4, 0.5) is 0 Å². The minimum Gasteiger partial charge on any atom is -0.497 e. The molecule has 0 radical (unpaired) electrons. The lowest BCUT2D eigenvalue weighted by Gasteiger charge is -2.26. The lowest BCUT2D eigenvalue weighted by atomic mass is 10.1. The van der Waals surface area contributed by atoms with Crippen molar-refractivity contribution in [3.8, 4) is 5.75 Å². The molecule has 0 aromatic heterocycles. The van der Waals surface area contributed by atoms with E-state index in [-0.39, 0.29) is 0 Å². The summed E-state index contributed by atoms with van der Waals surface area (Å²) < 4.78 is 5.29. The molecule has 0 fully saturated rings. The predicted octanol–water partition coefficient (Wildman–Crippen LogP) is 1.44. The molecule has 3 heteroatoms. The van der Waals surface area contributed by atoms with Gasteiger partial charge in [0.15, 0.2) is 0 Å². The number of benzene rings is 1. The molecule has 0 spiro atoms. The molecule has 0 saturated carbocycles. The molecule has 1 aliphatic carbocycles. The Morgan fingerprint density at radius 1 is 1.38 bits per heavy atom. The van der Waals surface area contributed by atoms with E-state index >= 15 is 0 Å². The lowest BCUT2D eigenvalue weighted by Crippen LogP contribution is -2.37. The van der Waals surface area contributed by atoms with Crippen LogP contribution in [0, 0.1) is 0 Å². The highest BCUT2D eigenvalue weighted by atomic mass is 16.5. The van der Waals surface area contributed by atoms with Gasteiger partial charge in [-0.1, -0.05) is 6.07 Å². The van der Waals surface area contributed by atoms with Crippen LogP contribution in [0.1, 0.15) is 17.2 Å². The monoisotopic (exact) mass is 220 g/mol. The van der Waals surface area contributed by atoms with Gasteiger partial charge in [0.2, 0.25) is 0 Å². The van der Waals surface area contributed by atoms with Gasteiger partial charge in [-0.2, -0.15) is 0 Å². The van der Waals surface area contributed by atoms with E-state index in [2.05, 4.69) is 36.4 Å². The van der Waals surface area contributed by atoms with Gasteiger partial charge in [-0.15, -0.1) is 0 Å². The van der Waals surface area contributed by atoms with Crippen LogP contribution in [0.25, 0.3) is 0 Å². The second-order valence-electron chi connectivity index (χ2n) is 4.57. The Morgan fingerprint density at radius 2 is 2.12 bits per heavy atom. The van der Waals surface area contributed by atoms with Crippen LogP contribution in [0.2, 0.25) is 0 Å². The van der Waals surface area contributed by atoms with E-state index in [9.17, 15) is 0 Å². The molecule has 1 N–H and O–H groups in total. The van der Waals surface area contributed by atoms with E-state index in [4.69, 9.17) is 4.74 Å². The molecule has 0 aliphatic heterocycles. The van der Waals surface area contributed by atoms with Crippen molar-refractivity contribution >= 4 is 0 Å². The van der Waals surface area contributed by atoms with Gasteiger partial charge in [-0.05, 0) is 50.8 Å². The average Bonchev–Trinajstić information content (AvgIpc) is 2.66. The summed E-state index contributed by atoms with van der Waals surface area (Å²) in [6, 6.07) is 7.32. The number of rotatable bonds is 3. The smallest absolute Gasteiger partial charge is 0.119 e. The molecule has 2 rings (SSSR count). The maximum absolute atomic E-state index is 5.29. The highest BCUT2D eigenvalue weighted by molar-refractivity contribution is 5.42. The Balaban J connectivity index is 2.36. The lowest BCUT2D eigenvalue weighted by molar-refractivity contribution is 0.251. The number of methoxy groups -OCH3 is 1. The third-order valence-corrected chi connectivity index (χ3v) is 3.48. The molecule has 0 heterocycles. The van der Waals surface area contributed by atoms with Crippen LogP contribution in [-0.2, 0) is 6.42 Å². The van der Waals surface area contributed by atoms with Gasteiger partial charge in [0.05, 0.1) is 7.11 Å². The molecule has 1 aliphatic rings. The molecule has 3 nitrogen and oxygen atoms in total. The summed E-state index contributed by atoms with van der Waals surface area (Å²) in [5.74, 6) is 0.943. The molecule has 88 valence electrons. The number of hydrogen-bond donors (Lipinski definition) is 1. The van der Waals surface area contributed by atoms with Crippen LogP contribution in [0.5, 0.6) is 5.75 Å². The molecule has 2 unspecified atom stereocenters. The summed E-state index contributed by atoms with van der Waals surface area (Å²) >= 11 is 0. The van der Waals surface area contributed by atoms with Crippen molar-refractivity contribution < 1.29 is 4.74 Å². The van der Waals surface area contributed by atoms with Crippen molar-refractivity contribution in [2.45, 2.75) is 18.5 Å². The zero-order chi connectivity index (χ0) is 11.7. The number of nitrogens with one attached hydrogen (secondary N) is 1. The molecule has 0 amide bonds.